The van der Waals surface area contributed by atoms with Crippen molar-refractivity contribution in [2.45, 2.75) is 13.5 Å². The zero-order valence-electron chi connectivity index (χ0n) is 9.14. The van der Waals surface area contributed by atoms with Gasteiger partial charge in [0.05, 0.1) is 5.56 Å². The highest BCUT2D eigenvalue weighted by Gasteiger charge is 2.05. The summed E-state index contributed by atoms with van der Waals surface area (Å²) < 4.78 is 5.54. The number of benzene rings is 1. The van der Waals surface area contributed by atoms with E-state index in [1.807, 2.05) is 12.3 Å². The van der Waals surface area contributed by atoms with Gasteiger partial charge in [-0.1, -0.05) is 11.6 Å². The Labute approximate surface area is 108 Å². The van der Waals surface area contributed by atoms with E-state index in [0.29, 0.717) is 22.9 Å². The van der Waals surface area contributed by atoms with E-state index >= 15 is 0 Å². The Bertz CT molecular complexity index is 539. The number of hydrogen-bond donors (Lipinski definition) is 0. The van der Waals surface area contributed by atoms with E-state index in [1.54, 1.807) is 18.2 Å². The van der Waals surface area contributed by atoms with Crippen LogP contribution < -0.4 is 4.74 Å². The van der Waals surface area contributed by atoms with Crippen LogP contribution in [0.1, 0.15) is 21.1 Å². The minimum Gasteiger partial charge on any atom is -0.486 e. The van der Waals surface area contributed by atoms with Gasteiger partial charge in [0.2, 0.25) is 0 Å². The van der Waals surface area contributed by atoms with E-state index in [1.165, 1.54) is 11.3 Å². The zero-order valence-corrected chi connectivity index (χ0v) is 10.7. The molecule has 17 heavy (non-hydrogen) atoms. The predicted octanol–water partition coefficient (Wildman–Crippen LogP) is 3.50. The number of nitrogens with zero attached hydrogens (tertiary/aromatic N) is 1. The molecule has 0 atom stereocenters. The molecule has 0 amide bonds. The van der Waals surface area contributed by atoms with Gasteiger partial charge in [-0.25, -0.2) is 4.98 Å². The Morgan fingerprint density at radius 1 is 1.53 bits per heavy atom. The monoisotopic (exact) mass is 267 g/mol. The molecule has 0 aliphatic heterocycles. The first kappa shape index (κ1) is 12.1. The van der Waals surface area contributed by atoms with E-state index in [2.05, 4.69) is 4.98 Å². The first-order valence-electron chi connectivity index (χ1n) is 4.97. The lowest BCUT2D eigenvalue weighted by molar-refractivity contribution is 0.111. The van der Waals surface area contributed by atoms with Gasteiger partial charge in [0.25, 0.3) is 0 Å². The fraction of sp³-hybridized carbons (Fsp3) is 0.167. The molecule has 0 spiro atoms. The highest BCUT2D eigenvalue weighted by molar-refractivity contribution is 7.09. The van der Waals surface area contributed by atoms with Crippen molar-refractivity contribution in [1.29, 1.82) is 0 Å². The Morgan fingerprint density at radius 2 is 2.35 bits per heavy atom. The number of halogens is 1. The summed E-state index contributed by atoms with van der Waals surface area (Å²) in [5.41, 5.74) is 1.42. The Morgan fingerprint density at radius 3 is 3.00 bits per heavy atom. The van der Waals surface area contributed by atoms with Crippen LogP contribution in [0.5, 0.6) is 5.75 Å². The van der Waals surface area contributed by atoms with Crippen LogP contribution in [-0.2, 0) is 6.61 Å². The summed E-state index contributed by atoms with van der Waals surface area (Å²) in [4.78, 5) is 15.1. The lowest BCUT2D eigenvalue weighted by atomic mass is 10.2. The number of aromatic nitrogens is 1. The topological polar surface area (TPSA) is 39.2 Å². The number of carbonyl (C=O) groups excluding carboxylic acids is 1. The fourth-order valence-corrected chi connectivity index (χ4v) is 2.21. The van der Waals surface area contributed by atoms with Gasteiger partial charge in [0, 0.05) is 16.1 Å². The maximum atomic E-state index is 10.8. The third-order valence-corrected chi connectivity index (χ3v) is 3.29. The molecule has 0 saturated heterocycles. The average molecular weight is 268 g/mol. The van der Waals surface area contributed by atoms with E-state index in [-0.39, 0.29) is 0 Å². The number of thiazole rings is 1. The SMILES string of the molecule is Cc1csc(COc2ccc(Cl)cc2C=O)n1. The molecule has 1 aromatic carbocycles. The van der Waals surface area contributed by atoms with Crippen molar-refractivity contribution in [3.05, 3.63) is 44.9 Å². The van der Waals surface area contributed by atoms with Crippen LogP contribution in [-0.4, -0.2) is 11.3 Å². The summed E-state index contributed by atoms with van der Waals surface area (Å²) in [5.74, 6) is 0.525. The Balaban J connectivity index is 2.11. The highest BCUT2D eigenvalue weighted by Crippen LogP contribution is 2.22. The van der Waals surface area contributed by atoms with Gasteiger partial charge >= 0.3 is 0 Å². The Kier molecular flexibility index (Phi) is 3.76. The minimum absolute atomic E-state index is 0.362. The van der Waals surface area contributed by atoms with Crippen LogP contribution in [0.4, 0.5) is 0 Å². The largest absolute Gasteiger partial charge is 0.486 e. The molecular weight excluding hydrogens is 258 g/mol. The second-order valence-corrected chi connectivity index (χ2v) is 4.85. The van der Waals surface area contributed by atoms with Gasteiger partial charge in [-0.3, -0.25) is 4.79 Å². The van der Waals surface area contributed by atoms with Gasteiger partial charge in [-0.2, -0.15) is 0 Å². The summed E-state index contributed by atoms with van der Waals surface area (Å²) in [6.45, 7) is 2.29. The summed E-state index contributed by atoms with van der Waals surface area (Å²) in [6.07, 6.45) is 0.730. The second kappa shape index (κ2) is 5.29. The van der Waals surface area contributed by atoms with Gasteiger partial charge in [0.1, 0.15) is 17.4 Å². The molecule has 0 fully saturated rings. The van der Waals surface area contributed by atoms with Gasteiger partial charge in [-0.05, 0) is 25.1 Å². The van der Waals surface area contributed by atoms with E-state index in [9.17, 15) is 4.79 Å². The first-order valence-corrected chi connectivity index (χ1v) is 6.23. The van der Waals surface area contributed by atoms with Crippen LogP contribution in [0.3, 0.4) is 0 Å². The molecule has 0 N–H and O–H groups in total. The number of aryl methyl sites for hydroxylation is 1. The van der Waals surface area contributed by atoms with Gasteiger partial charge in [0.15, 0.2) is 6.29 Å². The first-order chi connectivity index (χ1) is 8.19. The van der Waals surface area contributed by atoms with Gasteiger partial charge in [-0.15, -0.1) is 11.3 Å². The third-order valence-electron chi connectivity index (χ3n) is 2.12. The molecule has 3 nitrogen and oxygen atoms in total. The van der Waals surface area contributed by atoms with Crippen molar-refractivity contribution in [3.63, 3.8) is 0 Å². The summed E-state index contributed by atoms with van der Waals surface area (Å²) in [6, 6.07) is 4.96. The van der Waals surface area contributed by atoms with Crippen molar-refractivity contribution < 1.29 is 9.53 Å². The maximum Gasteiger partial charge on any atom is 0.153 e. The quantitative estimate of drug-likeness (QED) is 0.796. The van der Waals surface area contributed by atoms with E-state index in [0.717, 1.165) is 17.0 Å². The smallest absolute Gasteiger partial charge is 0.153 e. The molecule has 1 heterocycles. The molecule has 2 aromatic rings. The fourth-order valence-electron chi connectivity index (χ4n) is 1.35. The van der Waals surface area contributed by atoms with Gasteiger partial charge < -0.3 is 4.74 Å². The molecule has 0 aliphatic rings. The lowest BCUT2D eigenvalue weighted by Crippen LogP contribution is -1.98. The number of hydrogen-bond acceptors (Lipinski definition) is 4. The van der Waals surface area contributed by atoms with E-state index < -0.39 is 0 Å². The highest BCUT2D eigenvalue weighted by atomic mass is 35.5. The molecule has 0 bridgehead atoms. The maximum absolute atomic E-state index is 10.8. The van der Waals surface area contributed by atoms with Crippen molar-refractivity contribution in [2.75, 3.05) is 0 Å². The zero-order chi connectivity index (χ0) is 12.3. The number of aldehydes is 1. The van der Waals surface area contributed by atoms with Crippen molar-refractivity contribution >= 4 is 29.2 Å². The molecule has 5 heteroatoms. The standard InChI is InChI=1S/C12H10ClNO2S/c1-8-7-17-12(14-8)6-16-11-3-2-10(13)4-9(11)5-15/h2-5,7H,6H2,1H3. The number of carbonyl (C=O) groups is 1. The lowest BCUT2D eigenvalue weighted by Gasteiger charge is -2.06. The molecule has 0 aliphatic carbocycles. The minimum atomic E-state index is 0.362. The second-order valence-electron chi connectivity index (χ2n) is 3.47. The molecule has 2 rings (SSSR count). The van der Waals surface area contributed by atoms with Crippen LogP contribution in [0.25, 0.3) is 0 Å². The average Bonchev–Trinajstić information content (AvgIpc) is 2.73. The van der Waals surface area contributed by atoms with Crippen LogP contribution in [0, 0.1) is 6.92 Å². The molecule has 0 unspecified atom stereocenters. The molecule has 0 saturated carbocycles. The number of rotatable bonds is 4. The molecule has 0 radical (unpaired) electrons. The van der Waals surface area contributed by atoms with Crippen LogP contribution in [0.15, 0.2) is 23.6 Å². The summed E-state index contributed by atoms with van der Waals surface area (Å²) >= 11 is 7.33. The summed E-state index contributed by atoms with van der Waals surface area (Å²) in [7, 11) is 0. The number of ether oxygens (including phenoxy) is 1. The molecule has 1 aromatic heterocycles. The molecule has 88 valence electrons. The van der Waals surface area contributed by atoms with Crippen molar-refractivity contribution in [1.82, 2.24) is 4.98 Å². The molecular formula is C12H10ClNO2S. The predicted molar refractivity (Wildman–Crippen MR) is 68.0 cm³/mol. The van der Waals surface area contributed by atoms with Crippen molar-refractivity contribution in [2.24, 2.45) is 0 Å². The van der Waals surface area contributed by atoms with E-state index in [4.69, 9.17) is 16.3 Å². The normalized spacial score (nSPS) is 10.2. The van der Waals surface area contributed by atoms with Crippen molar-refractivity contribution in [3.8, 4) is 5.75 Å². The van der Waals surface area contributed by atoms with Crippen LogP contribution in [0.2, 0.25) is 5.02 Å². The Hall–Kier alpha value is -1.39. The summed E-state index contributed by atoms with van der Waals surface area (Å²) in [5, 5.41) is 3.36. The van der Waals surface area contributed by atoms with Crippen LogP contribution >= 0.6 is 22.9 Å². The third kappa shape index (κ3) is 3.05.